The van der Waals surface area contributed by atoms with Gasteiger partial charge < -0.3 is 11.1 Å². The summed E-state index contributed by atoms with van der Waals surface area (Å²) in [5, 5.41) is 2.53. The Kier molecular flexibility index (Phi) is 3.66. The van der Waals surface area contributed by atoms with E-state index in [4.69, 9.17) is 18.0 Å². The van der Waals surface area contributed by atoms with E-state index in [1.165, 1.54) is 12.3 Å². The van der Waals surface area contributed by atoms with Gasteiger partial charge in [0, 0.05) is 23.9 Å². The molecule has 0 unspecified atom stereocenters. The van der Waals surface area contributed by atoms with E-state index in [1.54, 1.807) is 6.07 Å². The highest BCUT2D eigenvalue weighted by atomic mass is 32.1. The summed E-state index contributed by atoms with van der Waals surface area (Å²) in [4.78, 5) is 4.05. The highest BCUT2D eigenvalue weighted by Crippen LogP contribution is 2.22. The number of aromatic nitrogens is 1. The molecule has 7 heteroatoms. The number of anilines is 2. The van der Waals surface area contributed by atoms with Crippen molar-refractivity contribution in [3.05, 3.63) is 53.5 Å². The molecule has 0 spiro atoms. The molecular weight excluding hydrogens is 275 g/mol. The van der Waals surface area contributed by atoms with Gasteiger partial charge in [0.1, 0.15) is 16.6 Å². The van der Waals surface area contributed by atoms with Crippen molar-refractivity contribution < 1.29 is 13.2 Å². The Hall–Kier alpha value is -2.15. The minimum absolute atomic E-state index is 0.149. The number of nitrogens with two attached hydrogens (primary N) is 1. The Morgan fingerprint density at radius 1 is 1.11 bits per heavy atom. The number of rotatable bonds is 3. The lowest BCUT2D eigenvalue weighted by molar-refractivity contribution is 0.496. The van der Waals surface area contributed by atoms with Crippen LogP contribution >= 0.6 is 12.2 Å². The molecule has 1 aromatic heterocycles. The molecule has 98 valence electrons. The lowest BCUT2D eigenvalue weighted by atomic mass is 10.2. The number of nitrogens with zero attached hydrogens (tertiary/aromatic N) is 1. The summed E-state index contributed by atoms with van der Waals surface area (Å²) >= 11 is 4.79. The highest BCUT2D eigenvalue weighted by molar-refractivity contribution is 7.80. The molecule has 0 aliphatic heterocycles. The smallest absolute Gasteiger partial charge is 0.161 e. The summed E-state index contributed by atoms with van der Waals surface area (Å²) in [5.41, 5.74) is 5.74. The van der Waals surface area contributed by atoms with Crippen LogP contribution in [0.15, 0.2) is 30.5 Å². The van der Waals surface area contributed by atoms with E-state index in [0.717, 1.165) is 0 Å². The fourth-order valence-electron chi connectivity index (χ4n) is 1.41. The zero-order valence-electron chi connectivity index (χ0n) is 9.45. The summed E-state index contributed by atoms with van der Waals surface area (Å²) < 4.78 is 39.2. The molecule has 2 aromatic rings. The van der Waals surface area contributed by atoms with Crippen molar-refractivity contribution in [3.8, 4) is 0 Å². The maximum atomic E-state index is 13.4. The second-order valence-corrected chi connectivity index (χ2v) is 4.10. The first-order valence-corrected chi connectivity index (χ1v) is 5.55. The summed E-state index contributed by atoms with van der Waals surface area (Å²) in [7, 11) is 0. The average molecular weight is 283 g/mol. The molecular formula is C12H8F3N3S. The number of nitrogens with one attached hydrogen (secondary N) is 1. The minimum Gasteiger partial charge on any atom is -0.389 e. The maximum Gasteiger partial charge on any atom is 0.161 e. The van der Waals surface area contributed by atoms with Gasteiger partial charge in [0.2, 0.25) is 0 Å². The van der Waals surface area contributed by atoms with Gasteiger partial charge in [0.25, 0.3) is 0 Å². The van der Waals surface area contributed by atoms with E-state index in [0.29, 0.717) is 17.7 Å². The molecule has 2 rings (SSSR count). The fourth-order valence-corrected chi connectivity index (χ4v) is 1.54. The Bertz CT molecular complexity index is 646. The number of hydrogen-bond donors (Lipinski definition) is 2. The predicted octanol–water partition coefficient (Wildman–Crippen LogP) is 2.88. The number of benzene rings is 1. The summed E-state index contributed by atoms with van der Waals surface area (Å²) in [5.74, 6) is -3.13. The zero-order chi connectivity index (χ0) is 14.0. The molecule has 0 saturated carbocycles. The molecule has 0 atom stereocenters. The Morgan fingerprint density at radius 2 is 1.79 bits per heavy atom. The summed E-state index contributed by atoms with van der Waals surface area (Å²) in [6.45, 7) is 0. The van der Waals surface area contributed by atoms with E-state index in [2.05, 4.69) is 10.3 Å². The molecule has 0 saturated heterocycles. The van der Waals surface area contributed by atoms with Gasteiger partial charge in [-0.25, -0.2) is 18.2 Å². The van der Waals surface area contributed by atoms with Crippen LogP contribution in [-0.4, -0.2) is 9.97 Å². The van der Waals surface area contributed by atoms with E-state index >= 15 is 0 Å². The molecule has 0 aliphatic rings. The Balaban J connectivity index is 2.33. The second kappa shape index (κ2) is 5.23. The third kappa shape index (κ3) is 3.00. The van der Waals surface area contributed by atoms with Crippen molar-refractivity contribution in [2.75, 3.05) is 5.32 Å². The van der Waals surface area contributed by atoms with Gasteiger partial charge in [-0.3, -0.25) is 0 Å². The van der Waals surface area contributed by atoms with E-state index in [-0.39, 0.29) is 16.5 Å². The molecule has 0 aliphatic carbocycles. The number of thiocarbonyl (C=S) groups is 1. The molecule has 0 bridgehead atoms. The fraction of sp³-hybridized carbons (Fsp3) is 0. The molecule has 19 heavy (non-hydrogen) atoms. The molecule has 0 radical (unpaired) electrons. The minimum atomic E-state index is -1.26. The second-order valence-electron chi connectivity index (χ2n) is 3.67. The van der Waals surface area contributed by atoms with Gasteiger partial charge >= 0.3 is 0 Å². The SMILES string of the molecule is NC(=S)c1ccnc(Nc2cc(F)c(F)cc2F)c1. The lowest BCUT2D eigenvalue weighted by Gasteiger charge is -2.08. The van der Waals surface area contributed by atoms with Crippen molar-refractivity contribution >= 4 is 28.7 Å². The number of hydrogen-bond acceptors (Lipinski definition) is 3. The third-order valence-electron chi connectivity index (χ3n) is 2.32. The standard InChI is InChI=1S/C12H8F3N3S/c13-7-4-9(15)10(5-8(7)14)18-11-3-6(12(16)19)1-2-17-11/h1-5H,(H2,16,19)(H,17,18). The average Bonchev–Trinajstić information content (AvgIpc) is 2.36. The van der Waals surface area contributed by atoms with Crippen molar-refractivity contribution in [1.29, 1.82) is 0 Å². The first-order chi connectivity index (χ1) is 8.97. The van der Waals surface area contributed by atoms with Crippen LogP contribution in [0.5, 0.6) is 0 Å². The number of pyridine rings is 1. The first-order valence-electron chi connectivity index (χ1n) is 5.15. The van der Waals surface area contributed by atoms with Gasteiger partial charge in [-0.2, -0.15) is 0 Å². The molecule has 1 heterocycles. The van der Waals surface area contributed by atoms with E-state index in [1.807, 2.05) is 0 Å². The van der Waals surface area contributed by atoms with Crippen LogP contribution < -0.4 is 11.1 Å². The lowest BCUT2D eigenvalue weighted by Crippen LogP contribution is -2.10. The van der Waals surface area contributed by atoms with Crippen molar-refractivity contribution in [2.24, 2.45) is 5.73 Å². The monoisotopic (exact) mass is 283 g/mol. The normalized spacial score (nSPS) is 10.3. The Labute approximate surface area is 112 Å². The van der Waals surface area contributed by atoms with E-state index in [9.17, 15) is 13.2 Å². The van der Waals surface area contributed by atoms with Crippen LogP contribution in [0.3, 0.4) is 0 Å². The van der Waals surface area contributed by atoms with Crippen LogP contribution in [0.1, 0.15) is 5.56 Å². The van der Waals surface area contributed by atoms with Gasteiger partial charge in [-0.1, -0.05) is 12.2 Å². The quantitative estimate of drug-likeness (QED) is 0.672. The van der Waals surface area contributed by atoms with Crippen LogP contribution in [0, 0.1) is 17.5 Å². The molecule has 0 amide bonds. The van der Waals surface area contributed by atoms with Gasteiger partial charge in [-0.15, -0.1) is 0 Å². The van der Waals surface area contributed by atoms with Gasteiger partial charge in [0.15, 0.2) is 11.6 Å². The predicted molar refractivity (Wildman–Crippen MR) is 69.7 cm³/mol. The van der Waals surface area contributed by atoms with Crippen LogP contribution in [-0.2, 0) is 0 Å². The van der Waals surface area contributed by atoms with E-state index < -0.39 is 17.5 Å². The van der Waals surface area contributed by atoms with Gasteiger partial charge in [-0.05, 0) is 12.1 Å². The molecule has 0 fully saturated rings. The molecule has 3 N–H and O–H groups in total. The number of halogens is 3. The largest absolute Gasteiger partial charge is 0.389 e. The van der Waals surface area contributed by atoms with Crippen molar-refractivity contribution in [2.45, 2.75) is 0 Å². The summed E-state index contributed by atoms with van der Waals surface area (Å²) in [6.07, 6.45) is 1.41. The zero-order valence-corrected chi connectivity index (χ0v) is 10.3. The van der Waals surface area contributed by atoms with Crippen LogP contribution in [0.4, 0.5) is 24.7 Å². The highest BCUT2D eigenvalue weighted by Gasteiger charge is 2.10. The molecule has 1 aromatic carbocycles. The first kappa shape index (κ1) is 13.3. The Morgan fingerprint density at radius 3 is 2.47 bits per heavy atom. The van der Waals surface area contributed by atoms with Gasteiger partial charge in [0.05, 0.1) is 5.69 Å². The van der Waals surface area contributed by atoms with Crippen molar-refractivity contribution in [3.63, 3.8) is 0 Å². The third-order valence-corrected chi connectivity index (χ3v) is 2.55. The molecule has 3 nitrogen and oxygen atoms in total. The van der Waals surface area contributed by atoms with Crippen LogP contribution in [0.2, 0.25) is 0 Å². The van der Waals surface area contributed by atoms with Crippen molar-refractivity contribution in [1.82, 2.24) is 4.98 Å². The van der Waals surface area contributed by atoms with Crippen LogP contribution in [0.25, 0.3) is 0 Å². The topological polar surface area (TPSA) is 50.9 Å². The maximum absolute atomic E-state index is 13.4. The summed E-state index contributed by atoms with van der Waals surface area (Å²) in [6, 6.07) is 4.22.